The number of amides is 4. The van der Waals surface area contributed by atoms with E-state index >= 15 is 0 Å². The molecule has 6 radical (unpaired) electrons. The highest BCUT2D eigenvalue weighted by Gasteiger charge is 2.46. The van der Waals surface area contributed by atoms with Crippen molar-refractivity contribution in [1.82, 2.24) is 15.0 Å². The molecule has 1 unspecified atom stereocenters. The van der Waals surface area contributed by atoms with Gasteiger partial charge in [0, 0.05) is 29.2 Å². The molecule has 1 atom stereocenters. The van der Waals surface area contributed by atoms with Gasteiger partial charge in [-0.15, -0.1) is 0 Å². The third-order valence-electron chi connectivity index (χ3n) is 5.96. The predicted octanol–water partition coefficient (Wildman–Crippen LogP) is 1.37. The maximum atomic E-state index is 14.6. The third kappa shape index (κ3) is 4.59. The molecule has 4 rings (SSSR count). The summed E-state index contributed by atoms with van der Waals surface area (Å²) < 4.78 is 29.3. The summed E-state index contributed by atoms with van der Waals surface area (Å²) in [6.45, 7) is -0.375. The number of hydrogen-bond acceptors (Lipinski definition) is 4. The summed E-state index contributed by atoms with van der Waals surface area (Å²) in [5, 5.41) is 0.479. The maximum Gasteiger partial charge on any atom is 0.348 e. The number of carbonyl (C=O) groups is 4. The van der Waals surface area contributed by atoms with Crippen molar-refractivity contribution < 1.29 is 28.0 Å². The lowest BCUT2D eigenvalue weighted by Gasteiger charge is -2.38. The second-order valence-electron chi connectivity index (χ2n) is 8.52. The standard InChI is InChI=1S/C22H15B3ClF2N3O4/c23-21(24)8-16(17(32)29-19(21)34)30-10-12-7-11(1-6-15(12)18(30)33)9-31(25)20(35)22(27,28)13-2-4-14(26)5-3-13/h1-7,16H,8-10H2,(H,29,32,34). The first-order valence-electron chi connectivity index (χ1n) is 10.4. The molecule has 2 heterocycles. The van der Waals surface area contributed by atoms with Crippen molar-refractivity contribution in [3.8, 4) is 0 Å². The molecule has 0 aromatic heterocycles. The Hall–Kier alpha value is -3.14. The number of halogens is 3. The lowest BCUT2D eigenvalue weighted by Crippen LogP contribution is -2.58. The number of alkyl halides is 2. The van der Waals surface area contributed by atoms with Gasteiger partial charge in [-0.25, -0.2) is 0 Å². The number of benzene rings is 2. The third-order valence-corrected chi connectivity index (χ3v) is 6.21. The van der Waals surface area contributed by atoms with Gasteiger partial charge in [0.1, 0.15) is 6.04 Å². The van der Waals surface area contributed by atoms with Gasteiger partial charge < -0.3 is 9.71 Å². The Morgan fingerprint density at radius 1 is 1.17 bits per heavy atom. The Kier molecular flexibility index (Phi) is 6.29. The molecule has 35 heavy (non-hydrogen) atoms. The van der Waals surface area contributed by atoms with Crippen LogP contribution in [-0.4, -0.2) is 63.1 Å². The molecule has 2 aliphatic heterocycles. The van der Waals surface area contributed by atoms with Crippen LogP contribution in [0.1, 0.15) is 33.5 Å². The van der Waals surface area contributed by atoms with Crippen LogP contribution in [0.3, 0.4) is 0 Å². The van der Waals surface area contributed by atoms with E-state index in [2.05, 4.69) is 5.32 Å². The minimum atomic E-state index is -3.88. The highest BCUT2D eigenvalue weighted by molar-refractivity contribution is 6.52. The van der Waals surface area contributed by atoms with E-state index in [0.29, 0.717) is 15.9 Å². The number of imide groups is 1. The van der Waals surface area contributed by atoms with E-state index in [-0.39, 0.29) is 30.1 Å². The van der Waals surface area contributed by atoms with Crippen molar-refractivity contribution >= 4 is 58.9 Å². The molecule has 1 N–H and O–H groups in total. The summed E-state index contributed by atoms with van der Waals surface area (Å²) in [6, 6.07) is 7.93. The van der Waals surface area contributed by atoms with Crippen molar-refractivity contribution in [2.45, 2.75) is 36.7 Å². The largest absolute Gasteiger partial charge is 0.387 e. The molecule has 0 spiro atoms. The van der Waals surface area contributed by atoms with Crippen LogP contribution >= 0.6 is 11.6 Å². The van der Waals surface area contributed by atoms with Crippen molar-refractivity contribution in [3.05, 3.63) is 69.7 Å². The molecule has 4 amide bonds. The van der Waals surface area contributed by atoms with E-state index in [0.717, 1.165) is 12.1 Å². The Bertz CT molecular complexity index is 1240. The molecule has 0 aliphatic carbocycles. The van der Waals surface area contributed by atoms with Gasteiger partial charge in [-0.3, -0.25) is 24.5 Å². The lowest BCUT2D eigenvalue weighted by molar-refractivity contribution is -0.154. The van der Waals surface area contributed by atoms with Crippen molar-refractivity contribution in [2.24, 2.45) is 0 Å². The molecular weight excluding hydrogens is 476 g/mol. The number of piperidine rings is 1. The van der Waals surface area contributed by atoms with Gasteiger partial charge in [0.05, 0.1) is 15.7 Å². The molecule has 13 heteroatoms. The van der Waals surface area contributed by atoms with E-state index in [1.54, 1.807) is 0 Å². The number of nitrogens with one attached hydrogen (secondary N) is 1. The lowest BCUT2D eigenvalue weighted by atomic mass is 9.50. The first-order chi connectivity index (χ1) is 16.3. The van der Waals surface area contributed by atoms with Crippen LogP contribution in [0.5, 0.6) is 0 Å². The number of carbonyl (C=O) groups excluding carboxylic acids is 4. The molecule has 2 aromatic carbocycles. The molecule has 1 saturated heterocycles. The second-order valence-corrected chi connectivity index (χ2v) is 8.95. The molecule has 2 aromatic rings. The fourth-order valence-electron chi connectivity index (χ4n) is 4.05. The maximum absolute atomic E-state index is 14.6. The van der Waals surface area contributed by atoms with Gasteiger partial charge in [-0.2, -0.15) is 8.78 Å². The van der Waals surface area contributed by atoms with Crippen LogP contribution in [0.2, 0.25) is 10.2 Å². The van der Waals surface area contributed by atoms with Crippen LogP contribution in [0.25, 0.3) is 0 Å². The fourth-order valence-corrected chi connectivity index (χ4v) is 4.17. The number of nitrogens with zero attached hydrogens (tertiary/aromatic N) is 2. The molecule has 2 aliphatic rings. The fraction of sp³-hybridized carbons (Fsp3) is 0.273. The summed E-state index contributed by atoms with van der Waals surface area (Å²) in [5.41, 5.74) is 0.593. The van der Waals surface area contributed by atoms with Crippen LogP contribution in [0.4, 0.5) is 8.78 Å². The minimum Gasteiger partial charge on any atom is -0.387 e. The zero-order valence-electron chi connectivity index (χ0n) is 18.1. The van der Waals surface area contributed by atoms with Gasteiger partial charge in [0.2, 0.25) is 19.8 Å². The van der Waals surface area contributed by atoms with Crippen LogP contribution in [0.15, 0.2) is 42.5 Å². The average Bonchev–Trinajstić information content (AvgIpc) is 3.11. The predicted molar refractivity (Wildman–Crippen MR) is 124 cm³/mol. The van der Waals surface area contributed by atoms with Crippen LogP contribution in [-0.2, 0) is 33.4 Å². The second kappa shape index (κ2) is 8.82. The first-order valence-corrected chi connectivity index (χ1v) is 10.8. The van der Waals surface area contributed by atoms with Gasteiger partial charge in [-0.1, -0.05) is 35.9 Å². The molecule has 1 fully saturated rings. The van der Waals surface area contributed by atoms with E-state index in [4.69, 9.17) is 35.3 Å². The highest BCUT2D eigenvalue weighted by Crippen LogP contribution is 2.35. The van der Waals surface area contributed by atoms with Gasteiger partial charge >= 0.3 is 5.92 Å². The monoisotopic (exact) mass is 491 g/mol. The summed E-state index contributed by atoms with van der Waals surface area (Å²) in [6.07, 6.45) is -0.269. The highest BCUT2D eigenvalue weighted by atomic mass is 35.5. The Morgan fingerprint density at radius 3 is 2.49 bits per heavy atom. The first kappa shape index (κ1) is 25.0. The van der Waals surface area contributed by atoms with E-state index in [9.17, 15) is 28.0 Å². The van der Waals surface area contributed by atoms with E-state index in [1.165, 1.54) is 35.2 Å². The number of hydrogen-bond donors (Lipinski definition) is 1. The zero-order chi connectivity index (χ0) is 25.7. The number of fused-ring (bicyclic) bond motifs is 1. The SMILES string of the molecule is [B]N(Cc1ccc2c(c1)CN(C1CC([B])([B])C(=O)NC1=O)C2=O)C(=O)C(F)(F)c1ccc(Cl)cc1. The van der Waals surface area contributed by atoms with Crippen molar-refractivity contribution in [2.75, 3.05) is 0 Å². The van der Waals surface area contributed by atoms with E-state index in [1.807, 2.05) is 0 Å². The zero-order valence-corrected chi connectivity index (χ0v) is 18.9. The van der Waals surface area contributed by atoms with Gasteiger partial charge in [-0.05, 0) is 41.0 Å². The minimum absolute atomic E-state index is 0.0101. The van der Waals surface area contributed by atoms with Gasteiger partial charge in [0.15, 0.2) is 0 Å². The topological polar surface area (TPSA) is 86.8 Å². The molecular formula is C22H15B3ClF2N3O4. The van der Waals surface area contributed by atoms with Crippen LogP contribution in [0, 0.1) is 0 Å². The summed E-state index contributed by atoms with van der Waals surface area (Å²) >= 11 is 5.71. The van der Waals surface area contributed by atoms with Gasteiger partial charge in [0.25, 0.3) is 11.8 Å². The number of rotatable bonds is 5. The quantitative estimate of drug-likeness (QED) is 0.506. The summed E-state index contributed by atoms with van der Waals surface area (Å²) in [4.78, 5) is 51.0. The summed E-state index contributed by atoms with van der Waals surface area (Å²) in [7, 11) is 17.1. The van der Waals surface area contributed by atoms with Crippen molar-refractivity contribution in [1.29, 1.82) is 0 Å². The summed E-state index contributed by atoms with van der Waals surface area (Å²) in [5.74, 6) is -7.53. The van der Waals surface area contributed by atoms with Crippen LogP contribution < -0.4 is 5.32 Å². The Morgan fingerprint density at radius 2 is 1.83 bits per heavy atom. The Balaban J connectivity index is 1.49. The normalized spacial score (nSPS) is 19.3. The molecule has 0 bridgehead atoms. The van der Waals surface area contributed by atoms with E-state index < -0.39 is 46.4 Å². The smallest absolute Gasteiger partial charge is 0.348 e. The van der Waals surface area contributed by atoms with Crippen molar-refractivity contribution in [3.63, 3.8) is 0 Å². The average molecular weight is 491 g/mol. The molecule has 0 saturated carbocycles. The molecule has 7 nitrogen and oxygen atoms in total. The Labute approximate surface area is 208 Å². The molecule has 172 valence electrons.